The molecule has 8 heteroatoms. The summed E-state index contributed by atoms with van der Waals surface area (Å²) in [5.41, 5.74) is 11.8. The normalized spacial score (nSPS) is 23.2. The van der Waals surface area contributed by atoms with Crippen molar-refractivity contribution in [2.24, 2.45) is 0 Å². The molecule has 8 aliphatic carbocycles. The number of nitrogens with zero attached hydrogens (tertiary/aromatic N) is 4. The minimum absolute atomic E-state index is 0.0257. The first-order valence-electron chi connectivity index (χ1n) is 22.9. The fourth-order valence-electron chi connectivity index (χ4n) is 13.6. The average Bonchev–Trinajstić information content (AvgIpc) is 4.18. The molecule has 0 aliphatic heterocycles. The fourth-order valence-corrected chi connectivity index (χ4v) is 16.7. The van der Waals surface area contributed by atoms with Gasteiger partial charge in [-0.25, -0.2) is 10.1 Å². The van der Waals surface area contributed by atoms with Gasteiger partial charge in [0.05, 0.1) is 12.6 Å². The summed E-state index contributed by atoms with van der Waals surface area (Å²) < 4.78 is 0. The van der Waals surface area contributed by atoms with Crippen LogP contribution in [0.25, 0.3) is 37.9 Å². The lowest BCUT2D eigenvalue weighted by molar-refractivity contribution is 0.103. The van der Waals surface area contributed by atoms with E-state index in [1.165, 1.54) is 61.0 Å². The summed E-state index contributed by atoms with van der Waals surface area (Å²) in [4.78, 5) is 37.7. The molecule has 8 aliphatic rings. The van der Waals surface area contributed by atoms with E-state index >= 15 is 0 Å². The summed E-state index contributed by atoms with van der Waals surface area (Å²) in [6, 6.07) is 21.2. The number of allylic oxidation sites excluding steroid dienone is 10. The molecule has 2 heterocycles. The van der Waals surface area contributed by atoms with Crippen molar-refractivity contribution in [2.75, 3.05) is 0 Å². The van der Waals surface area contributed by atoms with Crippen LogP contribution in [0.15, 0.2) is 94.2 Å². The van der Waals surface area contributed by atoms with E-state index in [1.807, 2.05) is 71.2 Å². The smallest absolute Gasteiger partial charge is 0.270 e. The van der Waals surface area contributed by atoms with Crippen LogP contribution < -0.4 is 0 Å². The highest BCUT2D eigenvalue weighted by Gasteiger charge is 2.58. The van der Waals surface area contributed by atoms with Crippen LogP contribution in [0, 0.1) is 40.6 Å². The number of benzene rings is 2. The Hall–Kier alpha value is -6.42. The van der Waals surface area contributed by atoms with Crippen LogP contribution >= 0.6 is 22.7 Å². The zero-order valence-electron chi connectivity index (χ0n) is 35.5. The zero-order chi connectivity index (χ0) is 43.5. The van der Waals surface area contributed by atoms with E-state index in [-0.39, 0.29) is 39.1 Å². The van der Waals surface area contributed by atoms with Crippen LogP contribution in [0.4, 0.5) is 0 Å². The highest BCUT2D eigenvalue weighted by Crippen LogP contribution is 2.71. The van der Waals surface area contributed by atoms with Crippen molar-refractivity contribution in [3.63, 3.8) is 0 Å². The van der Waals surface area contributed by atoms with Gasteiger partial charge in [0, 0.05) is 69.2 Å². The molecular weight excluding hydrogens is 825 g/mol. The van der Waals surface area contributed by atoms with Crippen LogP contribution in [-0.4, -0.2) is 11.6 Å². The van der Waals surface area contributed by atoms with Crippen LogP contribution in [0.5, 0.6) is 0 Å². The first-order valence-corrected chi connectivity index (χ1v) is 24.6. The van der Waals surface area contributed by atoms with E-state index in [9.17, 15) is 25.4 Å². The predicted molar refractivity (Wildman–Crippen MR) is 252 cm³/mol. The first-order chi connectivity index (χ1) is 31.3. The third kappa shape index (κ3) is 5.02. The Balaban J connectivity index is 1.05. The lowest BCUT2D eigenvalue weighted by atomic mass is 9.58. The fraction of sp³-hybridized carbons (Fsp3) is 0.321. The number of carbonyl (C=O) groups is 2. The van der Waals surface area contributed by atoms with Gasteiger partial charge >= 0.3 is 0 Å². The maximum Gasteiger partial charge on any atom is 0.270 e. The molecular formula is C56H42N4O2S2. The number of rotatable bonds is 2. The molecule has 0 atom stereocenters. The van der Waals surface area contributed by atoms with Crippen LogP contribution in [0.1, 0.15) is 160 Å². The number of nitriles is 3. The number of fused-ring (bicyclic) bond motifs is 13. The lowest BCUT2D eigenvalue weighted by Gasteiger charge is -2.44. The highest BCUT2D eigenvalue weighted by molar-refractivity contribution is 7.23. The van der Waals surface area contributed by atoms with Gasteiger partial charge < -0.3 is 0 Å². The van der Waals surface area contributed by atoms with E-state index in [2.05, 4.69) is 47.4 Å². The molecule has 2 aromatic heterocycles. The number of ketones is 2. The molecule has 3 fully saturated rings. The van der Waals surface area contributed by atoms with E-state index in [0.717, 1.165) is 88.2 Å². The topological polar surface area (TPSA) is 110 Å². The molecule has 0 unspecified atom stereocenters. The van der Waals surface area contributed by atoms with Crippen LogP contribution in [0.2, 0.25) is 0 Å². The third-order valence-corrected chi connectivity index (χ3v) is 18.7. The molecule has 4 aromatic rings. The second kappa shape index (κ2) is 14.3. The average molecular weight is 867 g/mol. The summed E-state index contributed by atoms with van der Waals surface area (Å²) >= 11 is 3.87. The summed E-state index contributed by atoms with van der Waals surface area (Å²) in [5.74, 6) is -0.239. The Kier molecular flexibility index (Phi) is 8.75. The van der Waals surface area contributed by atoms with Gasteiger partial charge in [0.1, 0.15) is 17.7 Å². The van der Waals surface area contributed by atoms with Crippen LogP contribution in [-0.2, 0) is 16.2 Å². The van der Waals surface area contributed by atoms with Gasteiger partial charge in [-0.2, -0.15) is 10.5 Å². The SMILES string of the molecule is [C-]#[N+]/C(C#N)=C1\C(=C/C2=Cc3sc4c(c3C23CCCCC3)C2(CCCCC2)c2c-4sc3c2C2(CCCCC2)C(/C=C2\C(=O)c4ccccc4C2=C(C#N)C#N)=C3)C(=O)c2ccccc21. The van der Waals surface area contributed by atoms with Gasteiger partial charge in [0.25, 0.3) is 5.70 Å². The minimum Gasteiger partial charge on any atom is -0.289 e. The molecule has 3 saturated carbocycles. The summed E-state index contributed by atoms with van der Waals surface area (Å²) in [7, 11) is 0. The number of carbonyl (C=O) groups excluding carboxylic acids is 2. The van der Waals surface area contributed by atoms with E-state index in [1.54, 1.807) is 0 Å². The Morgan fingerprint density at radius 3 is 1.38 bits per heavy atom. The largest absolute Gasteiger partial charge is 0.289 e. The Morgan fingerprint density at radius 2 is 0.953 bits per heavy atom. The number of hydrogen-bond donors (Lipinski definition) is 0. The van der Waals surface area contributed by atoms with E-state index in [0.29, 0.717) is 44.5 Å². The summed E-state index contributed by atoms with van der Waals surface area (Å²) in [5, 5.41) is 30.5. The second-order valence-corrected chi connectivity index (χ2v) is 21.1. The quantitative estimate of drug-likeness (QED) is 0.113. The number of hydrogen-bond acceptors (Lipinski definition) is 7. The molecule has 3 spiro atoms. The van der Waals surface area contributed by atoms with Crippen LogP contribution in [0.3, 0.4) is 0 Å². The molecule has 0 radical (unpaired) electrons. The monoisotopic (exact) mass is 866 g/mol. The van der Waals surface area contributed by atoms with Gasteiger partial charge in [-0.15, -0.1) is 22.7 Å². The van der Waals surface area contributed by atoms with Gasteiger partial charge in [-0.05, 0) is 107 Å². The minimum atomic E-state index is -0.273. The number of Topliss-reactive ketones (excluding diaryl/α,β-unsaturated/α-hetero) is 2. The van der Waals surface area contributed by atoms with Crippen molar-refractivity contribution in [3.05, 3.63) is 160 Å². The molecule has 0 bridgehead atoms. The Bertz CT molecular complexity index is 2990. The van der Waals surface area contributed by atoms with Crippen molar-refractivity contribution >= 4 is 57.5 Å². The molecule has 0 amide bonds. The van der Waals surface area contributed by atoms with Crippen molar-refractivity contribution in [3.8, 4) is 28.0 Å². The lowest BCUT2D eigenvalue weighted by Crippen LogP contribution is -2.37. The second-order valence-electron chi connectivity index (χ2n) is 19.0. The molecule has 0 saturated heterocycles. The molecule has 64 heavy (non-hydrogen) atoms. The van der Waals surface area contributed by atoms with Gasteiger partial charge in [0.15, 0.2) is 11.6 Å². The predicted octanol–water partition coefficient (Wildman–Crippen LogP) is 13.8. The Labute approximate surface area is 381 Å². The maximum absolute atomic E-state index is 14.3. The van der Waals surface area contributed by atoms with Gasteiger partial charge in [-0.1, -0.05) is 106 Å². The molecule has 2 aromatic carbocycles. The molecule has 0 N–H and O–H groups in total. The summed E-state index contributed by atoms with van der Waals surface area (Å²) in [6.07, 6.45) is 25.3. The van der Waals surface area contributed by atoms with Gasteiger partial charge in [0.2, 0.25) is 0 Å². The number of thiophene rings is 2. The molecule has 6 nitrogen and oxygen atoms in total. The van der Waals surface area contributed by atoms with Crippen molar-refractivity contribution in [2.45, 2.75) is 113 Å². The Morgan fingerprint density at radius 1 is 0.547 bits per heavy atom. The van der Waals surface area contributed by atoms with Crippen molar-refractivity contribution < 1.29 is 9.59 Å². The van der Waals surface area contributed by atoms with Crippen molar-refractivity contribution in [1.82, 2.24) is 0 Å². The van der Waals surface area contributed by atoms with E-state index < -0.39 is 0 Å². The molecule has 310 valence electrons. The molecule has 12 rings (SSSR count). The summed E-state index contributed by atoms with van der Waals surface area (Å²) in [6.45, 7) is 7.94. The zero-order valence-corrected chi connectivity index (χ0v) is 37.1. The third-order valence-electron chi connectivity index (χ3n) is 16.2. The van der Waals surface area contributed by atoms with Crippen molar-refractivity contribution in [1.29, 1.82) is 15.8 Å². The maximum atomic E-state index is 14.3. The standard InChI is InChI=1S/C56H42N4O2S2/c1-60-41(31-59)45-36-16-6-8-18-38(36)51(62)40(45)26-34-28-43-47(55(34)21-11-3-12-22-55)49-53(64-43)52-48(56(49)23-13-4-14-24-56)46-42(63-52)27-33(54(46)19-9-2-10-20-54)25-39-44(32(29-57)30-58)35-15-5-7-17-37(35)50(39)61/h5-8,15-18,25-28H,2-4,9-14,19-24H2/b39-25-,40-26+,45-41-. The van der Waals surface area contributed by atoms with E-state index in [4.69, 9.17) is 6.57 Å². The van der Waals surface area contributed by atoms with Gasteiger partial charge in [-0.3, -0.25) is 9.59 Å². The first kappa shape index (κ1) is 39.2. The highest BCUT2D eigenvalue weighted by atomic mass is 32.1.